The molecule has 0 atom stereocenters. The van der Waals surface area contributed by atoms with Crippen molar-refractivity contribution in [2.75, 3.05) is 24.5 Å². The van der Waals surface area contributed by atoms with Gasteiger partial charge in [-0.15, -0.1) is 6.42 Å². The summed E-state index contributed by atoms with van der Waals surface area (Å²) in [5.74, 6) is 4.39. The molecule has 0 spiro atoms. The van der Waals surface area contributed by atoms with Gasteiger partial charge in [-0.1, -0.05) is 12.8 Å². The van der Waals surface area contributed by atoms with Crippen LogP contribution in [0.15, 0.2) is 12.4 Å². The minimum atomic E-state index is 0.610. The van der Waals surface area contributed by atoms with Gasteiger partial charge < -0.3 is 10.2 Å². The van der Waals surface area contributed by atoms with Crippen molar-refractivity contribution >= 4 is 5.82 Å². The molecule has 1 aromatic heterocycles. The van der Waals surface area contributed by atoms with Crippen LogP contribution in [0.25, 0.3) is 0 Å². The van der Waals surface area contributed by atoms with Gasteiger partial charge in [-0.3, -0.25) is 4.98 Å². The molecular formula is C15H22N4. The summed E-state index contributed by atoms with van der Waals surface area (Å²) in [5.41, 5.74) is 0.976. The van der Waals surface area contributed by atoms with E-state index in [4.69, 9.17) is 6.42 Å². The molecule has 0 amide bonds. The van der Waals surface area contributed by atoms with Crippen LogP contribution >= 0.6 is 0 Å². The Labute approximate surface area is 115 Å². The molecule has 0 unspecified atom stereocenters. The molecule has 1 N–H and O–H groups in total. The minimum absolute atomic E-state index is 0.610. The topological polar surface area (TPSA) is 41.1 Å². The molecule has 0 aliphatic heterocycles. The Morgan fingerprint density at radius 3 is 2.84 bits per heavy atom. The SMILES string of the molecule is C#CCN(CC1CC1)c1cnc(CNCCC)cn1. The Balaban J connectivity index is 1.92. The van der Waals surface area contributed by atoms with Gasteiger partial charge in [-0.05, 0) is 31.7 Å². The molecule has 102 valence electrons. The monoisotopic (exact) mass is 258 g/mol. The summed E-state index contributed by atoms with van der Waals surface area (Å²) in [6.07, 6.45) is 12.9. The molecular weight excluding hydrogens is 236 g/mol. The number of hydrogen-bond donors (Lipinski definition) is 1. The normalized spacial score (nSPS) is 14.1. The third kappa shape index (κ3) is 4.53. The summed E-state index contributed by atoms with van der Waals surface area (Å²) < 4.78 is 0. The highest BCUT2D eigenvalue weighted by Gasteiger charge is 2.24. The summed E-state index contributed by atoms with van der Waals surface area (Å²) in [4.78, 5) is 11.1. The van der Waals surface area contributed by atoms with Gasteiger partial charge in [0, 0.05) is 13.1 Å². The first kappa shape index (κ1) is 13.8. The lowest BCUT2D eigenvalue weighted by Gasteiger charge is -2.20. The average molecular weight is 258 g/mol. The molecule has 1 fully saturated rings. The lowest BCUT2D eigenvalue weighted by molar-refractivity contribution is 0.660. The van der Waals surface area contributed by atoms with Crippen molar-refractivity contribution < 1.29 is 0 Å². The molecule has 19 heavy (non-hydrogen) atoms. The van der Waals surface area contributed by atoms with Gasteiger partial charge in [-0.2, -0.15) is 0 Å². The highest BCUT2D eigenvalue weighted by Crippen LogP contribution is 2.30. The third-order valence-corrected chi connectivity index (χ3v) is 3.21. The van der Waals surface area contributed by atoms with Crippen molar-refractivity contribution in [2.24, 2.45) is 5.92 Å². The van der Waals surface area contributed by atoms with Crippen molar-refractivity contribution in [1.29, 1.82) is 0 Å². The highest BCUT2D eigenvalue weighted by molar-refractivity contribution is 5.38. The minimum Gasteiger partial charge on any atom is -0.344 e. The predicted molar refractivity (Wildman–Crippen MR) is 77.8 cm³/mol. The first-order valence-electron chi connectivity index (χ1n) is 7.03. The maximum Gasteiger partial charge on any atom is 0.147 e. The van der Waals surface area contributed by atoms with Crippen LogP contribution in [0, 0.1) is 18.3 Å². The Bertz CT molecular complexity index is 417. The molecule has 0 bridgehead atoms. The van der Waals surface area contributed by atoms with Gasteiger partial charge in [0.25, 0.3) is 0 Å². The van der Waals surface area contributed by atoms with Crippen LogP contribution < -0.4 is 10.2 Å². The van der Waals surface area contributed by atoms with Crippen LogP contribution in [0.4, 0.5) is 5.82 Å². The predicted octanol–water partition coefficient (Wildman–Crippen LogP) is 1.83. The maximum absolute atomic E-state index is 5.42. The van der Waals surface area contributed by atoms with E-state index >= 15 is 0 Å². The molecule has 1 heterocycles. The van der Waals surface area contributed by atoms with Gasteiger partial charge in [0.2, 0.25) is 0 Å². The Kier molecular flexibility index (Phi) is 5.17. The first-order valence-corrected chi connectivity index (χ1v) is 7.03. The molecule has 1 aromatic rings. The maximum atomic E-state index is 5.42. The number of nitrogens with zero attached hydrogens (tertiary/aromatic N) is 3. The average Bonchev–Trinajstić information content (AvgIpc) is 3.23. The third-order valence-electron chi connectivity index (χ3n) is 3.21. The van der Waals surface area contributed by atoms with E-state index in [-0.39, 0.29) is 0 Å². The largest absolute Gasteiger partial charge is 0.344 e. The first-order chi connectivity index (χ1) is 9.33. The number of aromatic nitrogens is 2. The summed E-state index contributed by atoms with van der Waals surface area (Å²) in [6, 6.07) is 0. The fourth-order valence-electron chi connectivity index (χ4n) is 1.96. The quantitative estimate of drug-likeness (QED) is 0.570. The lowest BCUT2D eigenvalue weighted by atomic mass is 10.3. The van der Waals surface area contributed by atoms with Crippen molar-refractivity contribution in [3.05, 3.63) is 18.1 Å². The van der Waals surface area contributed by atoms with E-state index in [0.717, 1.165) is 43.5 Å². The molecule has 1 aliphatic carbocycles. The van der Waals surface area contributed by atoms with Crippen LogP contribution in [0.5, 0.6) is 0 Å². The van der Waals surface area contributed by atoms with Gasteiger partial charge in [0.1, 0.15) is 5.82 Å². The standard InChI is InChI=1S/C15H22N4/c1-3-7-16-9-14-10-18-15(11-17-14)19(8-4-2)12-13-5-6-13/h2,10-11,13,16H,3,5-9,12H2,1H3. The van der Waals surface area contributed by atoms with Crippen molar-refractivity contribution in [3.63, 3.8) is 0 Å². The second-order valence-corrected chi connectivity index (χ2v) is 5.07. The number of anilines is 1. The fourth-order valence-corrected chi connectivity index (χ4v) is 1.96. The number of nitrogens with one attached hydrogen (secondary N) is 1. The van der Waals surface area contributed by atoms with Gasteiger partial charge >= 0.3 is 0 Å². The molecule has 4 nitrogen and oxygen atoms in total. The zero-order chi connectivity index (χ0) is 13.5. The lowest BCUT2D eigenvalue weighted by Crippen LogP contribution is -2.27. The Morgan fingerprint density at radius 2 is 2.26 bits per heavy atom. The van der Waals surface area contributed by atoms with E-state index in [2.05, 4.69) is 33.0 Å². The van der Waals surface area contributed by atoms with Crippen LogP contribution in [-0.2, 0) is 6.54 Å². The van der Waals surface area contributed by atoms with Crippen LogP contribution in [0.2, 0.25) is 0 Å². The zero-order valence-corrected chi connectivity index (χ0v) is 11.6. The smallest absolute Gasteiger partial charge is 0.147 e. The molecule has 1 saturated carbocycles. The summed E-state index contributed by atoms with van der Waals surface area (Å²) in [7, 11) is 0. The van der Waals surface area contributed by atoms with E-state index in [1.54, 1.807) is 0 Å². The van der Waals surface area contributed by atoms with Gasteiger partial charge in [-0.25, -0.2) is 4.98 Å². The van der Waals surface area contributed by atoms with Crippen LogP contribution in [0.3, 0.4) is 0 Å². The van der Waals surface area contributed by atoms with Crippen molar-refractivity contribution in [3.8, 4) is 12.3 Å². The van der Waals surface area contributed by atoms with E-state index in [9.17, 15) is 0 Å². The summed E-state index contributed by atoms with van der Waals surface area (Å²) in [6.45, 7) is 5.55. The molecule has 0 aromatic carbocycles. The van der Waals surface area contributed by atoms with Crippen LogP contribution in [0.1, 0.15) is 31.9 Å². The summed E-state index contributed by atoms with van der Waals surface area (Å²) >= 11 is 0. The Hall–Kier alpha value is -1.60. The number of terminal acetylenes is 1. The fraction of sp³-hybridized carbons (Fsp3) is 0.600. The molecule has 2 rings (SSSR count). The molecule has 0 radical (unpaired) electrons. The zero-order valence-electron chi connectivity index (χ0n) is 11.6. The van der Waals surface area contributed by atoms with E-state index in [0.29, 0.717) is 6.54 Å². The molecule has 0 saturated heterocycles. The second-order valence-electron chi connectivity index (χ2n) is 5.07. The number of rotatable bonds is 8. The van der Waals surface area contributed by atoms with Gasteiger partial charge in [0.15, 0.2) is 0 Å². The second kappa shape index (κ2) is 7.10. The molecule has 4 heteroatoms. The highest BCUT2D eigenvalue weighted by atomic mass is 15.2. The van der Waals surface area contributed by atoms with E-state index < -0.39 is 0 Å². The van der Waals surface area contributed by atoms with E-state index in [1.165, 1.54) is 12.8 Å². The number of hydrogen-bond acceptors (Lipinski definition) is 4. The van der Waals surface area contributed by atoms with Gasteiger partial charge in [0.05, 0.1) is 24.6 Å². The van der Waals surface area contributed by atoms with Crippen molar-refractivity contribution in [1.82, 2.24) is 15.3 Å². The molecule has 1 aliphatic rings. The van der Waals surface area contributed by atoms with Crippen LogP contribution in [-0.4, -0.2) is 29.6 Å². The summed E-state index contributed by atoms with van der Waals surface area (Å²) in [5, 5.41) is 3.32. The van der Waals surface area contributed by atoms with E-state index in [1.807, 2.05) is 12.4 Å². The Morgan fingerprint density at radius 1 is 1.42 bits per heavy atom. The van der Waals surface area contributed by atoms with Crippen molar-refractivity contribution in [2.45, 2.75) is 32.7 Å².